The largest absolute Gasteiger partial charge is 0.497 e. The fraction of sp³-hybridized carbons (Fsp3) is 0.381. The molecule has 0 aromatic heterocycles. The molecule has 3 rings (SSSR count). The molecule has 1 aliphatic rings. The number of ether oxygens (including phenoxy) is 1. The van der Waals surface area contributed by atoms with E-state index in [0.29, 0.717) is 6.42 Å². The molecule has 26 heavy (non-hydrogen) atoms. The van der Waals surface area contributed by atoms with Gasteiger partial charge in [0.1, 0.15) is 5.75 Å². The first-order valence-corrected chi connectivity index (χ1v) is 9.39. The zero-order valence-electron chi connectivity index (χ0n) is 15.2. The van der Waals surface area contributed by atoms with Crippen LogP contribution in [0.15, 0.2) is 48.5 Å². The van der Waals surface area contributed by atoms with Crippen LogP contribution in [0.2, 0.25) is 5.02 Å². The van der Waals surface area contributed by atoms with Crippen molar-refractivity contribution >= 4 is 17.5 Å². The van der Waals surface area contributed by atoms with Gasteiger partial charge in [0.15, 0.2) is 0 Å². The number of hydrogen-bond donors (Lipinski definition) is 0. The van der Waals surface area contributed by atoms with Crippen LogP contribution in [0.5, 0.6) is 5.75 Å². The first-order valence-electron chi connectivity index (χ1n) is 9.01. The van der Waals surface area contributed by atoms with Crippen LogP contribution in [-0.4, -0.2) is 55.5 Å². The highest BCUT2D eigenvalue weighted by Gasteiger charge is 2.20. The Morgan fingerprint density at radius 2 is 1.77 bits per heavy atom. The minimum atomic E-state index is 0.199. The maximum absolute atomic E-state index is 12.5. The Bertz CT molecular complexity index is 725. The molecule has 0 saturated carbocycles. The van der Waals surface area contributed by atoms with E-state index in [1.165, 1.54) is 5.56 Å². The fourth-order valence-corrected chi connectivity index (χ4v) is 3.44. The molecule has 0 unspecified atom stereocenters. The fourth-order valence-electron chi connectivity index (χ4n) is 3.23. The molecule has 1 fully saturated rings. The summed E-state index contributed by atoms with van der Waals surface area (Å²) in [5.74, 6) is 1.01. The van der Waals surface area contributed by atoms with Gasteiger partial charge in [-0.05, 0) is 41.8 Å². The normalized spacial score (nSPS) is 15.1. The predicted octanol–water partition coefficient (Wildman–Crippen LogP) is 3.28. The van der Waals surface area contributed by atoms with E-state index in [1.54, 1.807) is 7.11 Å². The maximum atomic E-state index is 12.5. The quantitative estimate of drug-likeness (QED) is 0.780. The smallest absolute Gasteiger partial charge is 0.227 e. The molecule has 0 aliphatic carbocycles. The van der Waals surface area contributed by atoms with Crippen LogP contribution in [0.4, 0.5) is 0 Å². The average Bonchev–Trinajstić information content (AvgIpc) is 2.67. The molecule has 1 saturated heterocycles. The molecule has 0 spiro atoms. The third-order valence-electron chi connectivity index (χ3n) is 4.85. The summed E-state index contributed by atoms with van der Waals surface area (Å²) in [7, 11) is 1.64. The van der Waals surface area contributed by atoms with Gasteiger partial charge in [-0.15, -0.1) is 0 Å². The van der Waals surface area contributed by atoms with E-state index < -0.39 is 0 Å². The molecule has 0 N–H and O–H groups in total. The van der Waals surface area contributed by atoms with Crippen molar-refractivity contribution in [2.24, 2.45) is 0 Å². The average molecular weight is 373 g/mol. The Morgan fingerprint density at radius 1 is 1.04 bits per heavy atom. The number of halogens is 1. The van der Waals surface area contributed by atoms with Crippen LogP contribution in [-0.2, 0) is 17.6 Å². The minimum Gasteiger partial charge on any atom is -0.497 e. The Hall–Kier alpha value is -2.04. The van der Waals surface area contributed by atoms with Gasteiger partial charge < -0.3 is 9.64 Å². The second-order valence-electron chi connectivity index (χ2n) is 6.63. The molecule has 2 aromatic rings. The summed E-state index contributed by atoms with van der Waals surface area (Å²) in [4.78, 5) is 16.9. The zero-order valence-corrected chi connectivity index (χ0v) is 15.9. The van der Waals surface area contributed by atoms with Crippen LogP contribution in [0.3, 0.4) is 0 Å². The third-order valence-corrected chi connectivity index (χ3v) is 5.08. The molecular weight excluding hydrogens is 348 g/mol. The molecule has 138 valence electrons. The SMILES string of the molecule is COc1ccc(CC(=O)N2CCN(CCc3cccc(Cl)c3)CC2)cc1. The minimum absolute atomic E-state index is 0.199. The number of methoxy groups -OCH3 is 1. The van der Waals surface area contributed by atoms with Crippen LogP contribution >= 0.6 is 11.6 Å². The summed E-state index contributed by atoms with van der Waals surface area (Å²) >= 11 is 6.04. The molecule has 1 aliphatic heterocycles. The summed E-state index contributed by atoms with van der Waals surface area (Å²) in [6, 6.07) is 15.7. The molecule has 4 nitrogen and oxygen atoms in total. The van der Waals surface area contributed by atoms with Gasteiger partial charge in [-0.2, -0.15) is 0 Å². The van der Waals surface area contributed by atoms with E-state index in [4.69, 9.17) is 16.3 Å². The number of amides is 1. The number of carbonyl (C=O) groups is 1. The van der Waals surface area contributed by atoms with E-state index >= 15 is 0 Å². The lowest BCUT2D eigenvalue weighted by atomic mass is 10.1. The van der Waals surface area contributed by atoms with Gasteiger partial charge >= 0.3 is 0 Å². The van der Waals surface area contributed by atoms with Crippen molar-refractivity contribution in [3.8, 4) is 5.75 Å². The van der Waals surface area contributed by atoms with Crippen molar-refractivity contribution in [3.63, 3.8) is 0 Å². The molecule has 2 aromatic carbocycles. The highest BCUT2D eigenvalue weighted by Crippen LogP contribution is 2.14. The Morgan fingerprint density at radius 3 is 2.42 bits per heavy atom. The van der Waals surface area contributed by atoms with Gasteiger partial charge in [-0.1, -0.05) is 35.9 Å². The van der Waals surface area contributed by atoms with Gasteiger partial charge in [0.2, 0.25) is 5.91 Å². The highest BCUT2D eigenvalue weighted by atomic mass is 35.5. The van der Waals surface area contributed by atoms with E-state index in [0.717, 1.165) is 55.5 Å². The van der Waals surface area contributed by atoms with Crippen molar-refractivity contribution < 1.29 is 9.53 Å². The lowest BCUT2D eigenvalue weighted by Gasteiger charge is -2.34. The topological polar surface area (TPSA) is 32.8 Å². The summed E-state index contributed by atoms with van der Waals surface area (Å²) in [6.07, 6.45) is 1.44. The number of carbonyl (C=O) groups excluding carboxylic acids is 1. The predicted molar refractivity (Wildman–Crippen MR) is 105 cm³/mol. The monoisotopic (exact) mass is 372 g/mol. The van der Waals surface area contributed by atoms with Crippen LogP contribution < -0.4 is 4.74 Å². The lowest BCUT2D eigenvalue weighted by molar-refractivity contribution is -0.132. The Balaban J connectivity index is 1.43. The molecule has 5 heteroatoms. The summed E-state index contributed by atoms with van der Waals surface area (Å²) in [6.45, 7) is 4.44. The van der Waals surface area contributed by atoms with Gasteiger partial charge in [0, 0.05) is 37.7 Å². The molecular formula is C21H25ClN2O2. The van der Waals surface area contributed by atoms with E-state index in [9.17, 15) is 4.79 Å². The van der Waals surface area contributed by atoms with Gasteiger partial charge in [0.25, 0.3) is 0 Å². The molecule has 0 atom stereocenters. The lowest BCUT2D eigenvalue weighted by Crippen LogP contribution is -2.49. The number of nitrogens with zero attached hydrogens (tertiary/aromatic N) is 2. The second-order valence-corrected chi connectivity index (χ2v) is 7.06. The van der Waals surface area contributed by atoms with Crippen LogP contribution in [0.25, 0.3) is 0 Å². The standard InChI is InChI=1S/C21H25ClN2O2/c1-26-20-7-5-18(6-8-20)16-21(25)24-13-11-23(12-14-24)10-9-17-3-2-4-19(22)15-17/h2-8,15H,9-14,16H2,1H3. The van der Waals surface area contributed by atoms with Gasteiger partial charge in [0.05, 0.1) is 13.5 Å². The van der Waals surface area contributed by atoms with E-state index in [-0.39, 0.29) is 5.91 Å². The van der Waals surface area contributed by atoms with Crippen LogP contribution in [0, 0.1) is 0 Å². The van der Waals surface area contributed by atoms with Gasteiger partial charge in [-0.25, -0.2) is 0 Å². The van der Waals surface area contributed by atoms with Crippen molar-refractivity contribution in [3.05, 3.63) is 64.7 Å². The second kappa shape index (κ2) is 9.06. The third kappa shape index (κ3) is 5.23. The van der Waals surface area contributed by atoms with Crippen molar-refractivity contribution in [2.75, 3.05) is 39.8 Å². The van der Waals surface area contributed by atoms with Gasteiger partial charge in [-0.3, -0.25) is 9.69 Å². The van der Waals surface area contributed by atoms with Crippen molar-refractivity contribution in [1.82, 2.24) is 9.80 Å². The van der Waals surface area contributed by atoms with Crippen molar-refractivity contribution in [1.29, 1.82) is 0 Å². The Kier molecular flexibility index (Phi) is 6.53. The summed E-state index contributed by atoms with van der Waals surface area (Å²) in [5, 5.41) is 0.788. The number of rotatable bonds is 6. The van der Waals surface area contributed by atoms with Crippen LogP contribution in [0.1, 0.15) is 11.1 Å². The Labute approximate surface area is 160 Å². The van der Waals surface area contributed by atoms with E-state index in [2.05, 4.69) is 11.0 Å². The molecule has 1 amide bonds. The van der Waals surface area contributed by atoms with Crippen molar-refractivity contribution in [2.45, 2.75) is 12.8 Å². The summed E-state index contributed by atoms with van der Waals surface area (Å²) in [5.41, 5.74) is 2.29. The number of benzene rings is 2. The highest BCUT2D eigenvalue weighted by molar-refractivity contribution is 6.30. The maximum Gasteiger partial charge on any atom is 0.227 e. The number of hydrogen-bond acceptors (Lipinski definition) is 3. The molecule has 0 bridgehead atoms. The molecule has 1 heterocycles. The first-order chi connectivity index (χ1) is 12.6. The first kappa shape index (κ1) is 18.7. The molecule has 0 radical (unpaired) electrons. The summed E-state index contributed by atoms with van der Waals surface area (Å²) < 4.78 is 5.16. The number of piperazine rings is 1. The van der Waals surface area contributed by atoms with E-state index in [1.807, 2.05) is 47.4 Å². The zero-order chi connectivity index (χ0) is 18.4.